The molecule has 0 radical (unpaired) electrons. The van der Waals surface area contributed by atoms with E-state index in [1.165, 1.54) is 0 Å². The van der Waals surface area contributed by atoms with Gasteiger partial charge in [-0.05, 0) is 25.7 Å². The van der Waals surface area contributed by atoms with Gasteiger partial charge >= 0.3 is 0 Å². The number of carbonyl (C=O) groups excluding carboxylic acids is 1. The molecule has 1 amide bonds. The van der Waals surface area contributed by atoms with Crippen molar-refractivity contribution < 1.29 is 14.6 Å². The van der Waals surface area contributed by atoms with Crippen molar-refractivity contribution in [2.45, 2.75) is 50.7 Å². The molecule has 92 valence electrons. The van der Waals surface area contributed by atoms with Crippen molar-refractivity contribution in [3.05, 3.63) is 0 Å². The van der Waals surface area contributed by atoms with E-state index < -0.39 is 0 Å². The standard InChI is InChI=1S/C12H21NO3/c14-9-10-5-2-1-3-7-13(10)12(15)11-6-4-8-16-11/h10-11,14H,1-9H2. The van der Waals surface area contributed by atoms with Gasteiger partial charge in [-0.15, -0.1) is 0 Å². The zero-order valence-electron chi connectivity index (χ0n) is 9.73. The highest BCUT2D eigenvalue weighted by molar-refractivity contribution is 5.81. The second kappa shape index (κ2) is 5.64. The minimum Gasteiger partial charge on any atom is -0.394 e. The van der Waals surface area contributed by atoms with Gasteiger partial charge in [0.05, 0.1) is 12.6 Å². The number of aliphatic hydroxyl groups is 1. The van der Waals surface area contributed by atoms with Gasteiger partial charge in [0.1, 0.15) is 6.10 Å². The Hall–Kier alpha value is -0.610. The number of likely N-dealkylation sites (tertiary alicyclic amines) is 1. The summed E-state index contributed by atoms with van der Waals surface area (Å²) in [5, 5.41) is 9.34. The largest absolute Gasteiger partial charge is 0.394 e. The lowest BCUT2D eigenvalue weighted by Gasteiger charge is -2.30. The first kappa shape index (κ1) is 11.9. The Kier molecular flexibility index (Phi) is 4.18. The molecule has 2 aliphatic heterocycles. The molecule has 1 N–H and O–H groups in total. The SMILES string of the molecule is O=C(C1CCCO1)N1CCCCCC1CO. The summed E-state index contributed by atoms with van der Waals surface area (Å²) in [5.74, 6) is 0.0958. The highest BCUT2D eigenvalue weighted by Crippen LogP contribution is 2.21. The summed E-state index contributed by atoms with van der Waals surface area (Å²) in [6.45, 7) is 1.57. The first-order valence-electron chi connectivity index (χ1n) is 6.36. The number of amides is 1. The van der Waals surface area contributed by atoms with Crippen molar-refractivity contribution in [1.29, 1.82) is 0 Å². The molecule has 2 atom stereocenters. The van der Waals surface area contributed by atoms with Crippen LogP contribution in [-0.4, -0.2) is 47.8 Å². The maximum absolute atomic E-state index is 12.2. The quantitative estimate of drug-likeness (QED) is 0.763. The van der Waals surface area contributed by atoms with E-state index in [0.29, 0.717) is 6.61 Å². The van der Waals surface area contributed by atoms with Gasteiger partial charge in [0.15, 0.2) is 0 Å². The van der Waals surface area contributed by atoms with E-state index in [4.69, 9.17) is 4.74 Å². The fraction of sp³-hybridized carbons (Fsp3) is 0.917. The number of carbonyl (C=O) groups is 1. The molecular formula is C12H21NO3. The van der Waals surface area contributed by atoms with Crippen LogP contribution in [-0.2, 0) is 9.53 Å². The highest BCUT2D eigenvalue weighted by Gasteiger charge is 2.32. The van der Waals surface area contributed by atoms with Gasteiger partial charge in [0.2, 0.25) is 0 Å². The molecule has 0 aromatic rings. The lowest BCUT2D eigenvalue weighted by Crippen LogP contribution is -2.46. The number of rotatable bonds is 2. The number of ether oxygens (including phenoxy) is 1. The first-order chi connectivity index (χ1) is 7.83. The molecule has 2 rings (SSSR count). The summed E-state index contributed by atoms with van der Waals surface area (Å²) in [6, 6.07) is 0.0131. The second-order valence-electron chi connectivity index (χ2n) is 4.72. The average molecular weight is 227 g/mol. The number of hydrogen-bond acceptors (Lipinski definition) is 3. The Morgan fingerprint density at radius 1 is 1.25 bits per heavy atom. The van der Waals surface area contributed by atoms with Crippen LogP contribution in [0.3, 0.4) is 0 Å². The van der Waals surface area contributed by atoms with Gasteiger partial charge in [0, 0.05) is 13.2 Å². The molecule has 4 nitrogen and oxygen atoms in total. The van der Waals surface area contributed by atoms with E-state index in [9.17, 15) is 9.90 Å². The van der Waals surface area contributed by atoms with Crippen LogP contribution in [0.1, 0.15) is 38.5 Å². The van der Waals surface area contributed by atoms with Crippen molar-refractivity contribution in [2.24, 2.45) is 0 Å². The lowest BCUT2D eigenvalue weighted by atomic mass is 10.1. The van der Waals surface area contributed by atoms with Crippen LogP contribution in [0, 0.1) is 0 Å². The summed E-state index contributed by atoms with van der Waals surface area (Å²) in [4.78, 5) is 14.1. The van der Waals surface area contributed by atoms with E-state index in [0.717, 1.165) is 45.1 Å². The molecular weight excluding hydrogens is 206 g/mol. The molecule has 2 fully saturated rings. The molecule has 2 saturated heterocycles. The van der Waals surface area contributed by atoms with E-state index in [1.54, 1.807) is 0 Å². The van der Waals surface area contributed by atoms with Crippen LogP contribution >= 0.6 is 0 Å². The second-order valence-corrected chi connectivity index (χ2v) is 4.72. The molecule has 0 bridgehead atoms. The Labute approximate surface area is 96.6 Å². The summed E-state index contributed by atoms with van der Waals surface area (Å²) in [7, 11) is 0. The van der Waals surface area contributed by atoms with Gasteiger partial charge in [-0.2, -0.15) is 0 Å². The molecule has 0 spiro atoms. The van der Waals surface area contributed by atoms with E-state index in [2.05, 4.69) is 0 Å². The zero-order chi connectivity index (χ0) is 11.4. The van der Waals surface area contributed by atoms with Gasteiger partial charge < -0.3 is 14.7 Å². The molecule has 0 aromatic heterocycles. The molecule has 4 heteroatoms. The van der Waals surface area contributed by atoms with Gasteiger partial charge in [0.25, 0.3) is 5.91 Å². The number of aliphatic hydroxyl groups excluding tert-OH is 1. The normalized spacial score (nSPS) is 31.4. The predicted octanol–water partition coefficient (Wildman–Crippen LogP) is 0.929. The minimum absolute atomic E-state index is 0.0131. The number of nitrogens with zero attached hydrogens (tertiary/aromatic N) is 1. The Morgan fingerprint density at radius 3 is 2.81 bits per heavy atom. The Morgan fingerprint density at radius 2 is 2.12 bits per heavy atom. The smallest absolute Gasteiger partial charge is 0.252 e. The minimum atomic E-state index is -0.243. The third-order valence-corrected chi connectivity index (χ3v) is 3.58. The fourth-order valence-electron chi connectivity index (χ4n) is 2.61. The van der Waals surface area contributed by atoms with Crippen LogP contribution in [0.5, 0.6) is 0 Å². The van der Waals surface area contributed by atoms with Gasteiger partial charge in [-0.25, -0.2) is 0 Å². The molecule has 16 heavy (non-hydrogen) atoms. The monoisotopic (exact) mass is 227 g/mol. The van der Waals surface area contributed by atoms with Crippen LogP contribution < -0.4 is 0 Å². The van der Waals surface area contributed by atoms with E-state index >= 15 is 0 Å². The molecule has 0 saturated carbocycles. The zero-order valence-corrected chi connectivity index (χ0v) is 9.73. The third-order valence-electron chi connectivity index (χ3n) is 3.58. The van der Waals surface area contributed by atoms with Gasteiger partial charge in [-0.3, -0.25) is 4.79 Å². The molecule has 2 unspecified atom stereocenters. The van der Waals surface area contributed by atoms with Crippen LogP contribution in [0.25, 0.3) is 0 Å². The summed E-state index contributed by atoms with van der Waals surface area (Å²) in [5.41, 5.74) is 0. The maximum Gasteiger partial charge on any atom is 0.252 e. The summed E-state index contributed by atoms with van der Waals surface area (Å²) < 4.78 is 5.43. The molecule has 0 aliphatic carbocycles. The predicted molar refractivity (Wildman–Crippen MR) is 60.0 cm³/mol. The van der Waals surface area contributed by atoms with Crippen LogP contribution in [0.4, 0.5) is 0 Å². The maximum atomic E-state index is 12.2. The van der Waals surface area contributed by atoms with Crippen molar-refractivity contribution in [1.82, 2.24) is 4.90 Å². The average Bonchev–Trinajstić information content (AvgIpc) is 2.73. The fourth-order valence-corrected chi connectivity index (χ4v) is 2.61. The lowest BCUT2D eigenvalue weighted by molar-refractivity contribution is -0.144. The third kappa shape index (κ3) is 2.55. The van der Waals surface area contributed by atoms with Crippen molar-refractivity contribution in [3.8, 4) is 0 Å². The van der Waals surface area contributed by atoms with Crippen LogP contribution in [0.2, 0.25) is 0 Å². The van der Waals surface area contributed by atoms with Crippen molar-refractivity contribution in [2.75, 3.05) is 19.8 Å². The molecule has 2 aliphatic rings. The Bertz CT molecular complexity index is 238. The first-order valence-corrected chi connectivity index (χ1v) is 6.36. The van der Waals surface area contributed by atoms with Crippen molar-refractivity contribution >= 4 is 5.91 Å². The topological polar surface area (TPSA) is 49.8 Å². The Balaban J connectivity index is 2.00. The van der Waals surface area contributed by atoms with E-state index in [1.807, 2.05) is 4.90 Å². The summed E-state index contributed by atoms with van der Waals surface area (Å²) >= 11 is 0. The molecule has 2 heterocycles. The molecule has 0 aromatic carbocycles. The van der Waals surface area contributed by atoms with Crippen LogP contribution in [0.15, 0.2) is 0 Å². The summed E-state index contributed by atoms with van der Waals surface area (Å²) in [6.07, 6.45) is 5.82. The van der Waals surface area contributed by atoms with E-state index in [-0.39, 0.29) is 24.7 Å². The number of hydrogen-bond donors (Lipinski definition) is 1. The van der Waals surface area contributed by atoms with Gasteiger partial charge in [-0.1, -0.05) is 12.8 Å². The van der Waals surface area contributed by atoms with Crippen molar-refractivity contribution in [3.63, 3.8) is 0 Å². The highest BCUT2D eigenvalue weighted by atomic mass is 16.5.